The summed E-state index contributed by atoms with van der Waals surface area (Å²) < 4.78 is 23.0. The topological polar surface area (TPSA) is 125 Å². The molecule has 0 heterocycles. The quantitative estimate of drug-likeness (QED) is 0.464. The average molecular weight is 425 g/mol. The van der Waals surface area contributed by atoms with Crippen molar-refractivity contribution in [1.29, 1.82) is 0 Å². The van der Waals surface area contributed by atoms with Crippen molar-refractivity contribution in [3.63, 3.8) is 0 Å². The summed E-state index contributed by atoms with van der Waals surface area (Å²) in [5.74, 6) is -0.637. The molecular weight excluding hydrogens is 404 g/mol. The van der Waals surface area contributed by atoms with Gasteiger partial charge in [-0.25, -0.2) is 19.0 Å². The van der Waals surface area contributed by atoms with Crippen molar-refractivity contribution in [3.8, 4) is 5.75 Å². The van der Waals surface area contributed by atoms with Gasteiger partial charge >= 0.3 is 0 Å². The van der Waals surface area contributed by atoms with Crippen molar-refractivity contribution < 1.29 is 18.3 Å². The Bertz CT molecular complexity index is 1000. The van der Waals surface area contributed by atoms with Gasteiger partial charge in [-0.15, -0.1) is 0 Å². The van der Waals surface area contributed by atoms with Gasteiger partial charge in [0, 0.05) is 36.0 Å². The zero-order chi connectivity index (χ0) is 20.9. The third kappa shape index (κ3) is 5.22. The number of aromatic hydroxyl groups is 1. The van der Waals surface area contributed by atoms with Crippen LogP contribution >= 0.6 is 11.6 Å². The highest BCUT2D eigenvalue weighted by atomic mass is 35.5. The number of carbonyl (C=O) groups excluding carboxylic acids is 1. The molecule has 0 atom stereocenters. The molecule has 4 N–H and O–H groups in total. The Balaban J connectivity index is 2.14. The van der Waals surface area contributed by atoms with Gasteiger partial charge in [-0.2, -0.15) is 5.10 Å². The Morgan fingerprint density at radius 2 is 1.93 bits per heavy atom. The lowest BCUT2D eigenvalue weighted by atomic mass is 10.2. The molecule has 8 nitrogen and oxygen atoms in total. The lowest BCUT2D eigenvalue weighted by molar-refractivity contribution is 0.0955. The van der Waals surface area contributed by atoms with Crippen LogP contribution in [0.3, 0.4) is 0 Å². The van der Waals surface area contributed by atoms with Crippen LogP contribution in [0.15, 0.2) is 46.4 Å². The number of rotatable bonds is 7. The summed E-state index contributed by atoms with van der Waals surface area (Å²) in [5.41, 5.74) is 3.57. The fourth-order valence-electron chi connectivity index (χ4n) is 2.51. The van der Waals surface area contributed by atoms with Gasteiger partial charge in [-0.1, -0.05) is 11.6 Å². The lowest BCUT2D eigenvalue weighted by Gasteiger charge is -2.21. The Kier molecular flexibility index (Phi) is 7.00. The third-order valence-electron chi connectivity index (χ3n) is 4.01. The van der Waals surface area contributed by atoms with Crippen LogP contribution in [-0.4, -0.2) is 38.7 Å². The zero-order valence-electron chi connectivity index (χ0n) is 15.4. The molecule has 10 heteroatoms. The number of nitrogens with zero attached hydrogens (tertiary/aromatic N) is 2. The monoisotopic (exact) mass is 424 g/mol. The number of nitrogens with two attached hydrogens (primary N) is 1. The number of phenols is 1. The minimum Gasteiger partial charge on any atom is -0.507 e. The van der Waals surface area contributed by atoms with E-state index in [1.54, 1.807) is 12.1 Å². The van der Waals surface area contributed by atoms with Crippen LogP contribution in [0.4, 0.5) is 5.69 Å². The highest BCUT2D eigenvalue weighted by Crippen LogP contribution is 2.24. The summed E-state index contributed by atoms with van der Waals surface area (Å²) in [4.78, 5) is 13.9. The fourth-order valence-corrected chi connectivity index (χ4v) is 3.59. The van der Waals surface area contributed by atoms with Gasteiger partial charge in [0.2, 0.25) is 10.0 Å². The Morgan fingerprint density at radius 3 is 2.50 bits per heavy atom. The van der Waals surface area contributed by atoms with E-state index in [0.29, 0.717) is 5.56 Å². The number of primary sulfonamides is 1. The number of nitrogens with one attached hydrogen (secondary N) is 1. The van der Waals surface area contributed by atoms with Crippen LogP contribution in [0, 0.1) is 0 Å². The van der Waals surface area contributed by atoms with Crippen molar-refractivity contribution in [2.24, 2.45) is 10.2 Å². The number of hydrazone groups is 1. The van der Waals surface area contributed by atoms with E-state index in [1.807, 2.05) is 19.9 Å². The second kappa shape index (κ2) is 9.05. The standard InChI is InChI=1S/C18H21ClN4O4S/c1-3-23(4-2)14-7-5-13(16(24)10-14)11-21-22-18(25)12-6-8-15(19)17(9-12)28(20,26)27/h5-11,24H,3-4H2,1-2H3,(H,22,25)(H2,20,26,27). The number of benzene rings is 2. The summed E-state index contributed by atoms with van der Waals surface area (Å²) in [5, 5.41) is 18.9. The molecular formula is C18H21ClN4O4S. The molecule has 2 aromatic rings. The van der Waals surface area contributed by atoms with Gasteiger partial charge in [0.25, 0.3) is 5.91 Å². The minimum absolute atomic E-state index is 0.0189. The van der Waals surface area contributed by atoms with Crippen molar-refractivity contribution in [2.75, 3.05) is 18.0 Å². The fraction of sp³-hybridized carbons (Fsp3) is 0.222. The van der Waals surface area contributed by atoms with Crippen LogP contribution in [0.25, 0.3) is 0 Å². The minimum atomic E-state index is -4.06. The van der Waals surface area contributed by atoms with E-state index in [9.17, 15) is 18.3 Å². The second-order valence-electron chi connectivity index (χ2n) is 5.80. The highest BCUT2D eigenvalue weighted by molar-refractivity contribution is 7.89. The van der Waals surface area contributed by atoms with E-state index in [2.05, 4.69) is 15.4 Å². The normalized spacial score (nSPS) is 11.6. The second-order valence-corrected chi connectivity index (χ2v) is 7.74. The highest BCUT2D eigenvalue weighted by Gasteiger charge is 2.16. The van der Waals surface area contributed by atoms with Gasteiger partial charge in [0.15, 0.2) is 0 Å². The van der Waals surface area contributed by atoms with Crippen LogP contribution in [0.2, 0.25) is 5.02 Å². The zero-order valence-corrected chi connectivity index (χ0v) is 17.0. The van der Waals surface area contributed by atoms with Crippen LogP contribution in [0.1, 0.15) is 29.8 Å². The SMILES string of the molecule is CCN(CC)c1ccc(C=NNC(=O)c2ccc(Cl)c(S(N)(=O)=O)c2)c(O)c1. The predicted octanol–water partition coefficient (Wildman–Crippen LogP) is 2.30. The van der Waals surface area contributed by atoms with Gasteiger partial charge < -0.3 is 10.0 Å². The molecule has 2 rings (SSSR count). The lowest BCUT2D eigenvalue weighted by Crippen LogP contribution is -2.21. The molecule has 150 valence electrons. The molecule has 0 saturated heterocycles. The van der Waals surface area contributed by atoms with Crippen LogP contribution in [0.5, 0.6) is 5.75 Å². The van der Waals surface area contributed by atoms with E-state index in [4.69, 9.17) is 16.7 Å². The van der Waals surface area contributed by atoms with Crippen molar-refractivity contribution in [1.82, 2.24) is 5.43 Å². The summed E-state index contributed by atoms with van der Waals surface area (Å²) in [6.45, 7) is 5.65. The maximum absolute atomic E-state index is 12.2. The summed E-state index contributed by atoms with van der Waals surface area (Å²) >= 11 is 5.79. The first-order valence-corrected chi connectivity index (χ1v) is 10.3. The molecule has 0 unspecified atom stereocenters. The van der Waals surface area contributed by atoms with Crippen molar-refractivity contribution >= 4 is 39.4 Å². The Morgan fingerprint density at radius 1 is 1.25 bits per heavy atom. The molecule has 0 fully saturated rings. The van der Waals surface area contributed by atoms with E-state index in [-0.39, 0.29) is 21.2 Å². The number of hydrogen-bond donors (Lipinski definition) is 3. The Labute approximate surface area is 168 Å². The Hall–Kier alpha value is -2.62. The first-order valence-electron chi connectivity index (χ1n) is 8.41. The van der Waals surface area contributed by atoms with E-state index >= 15 is 0 Å². The number of sulfonamides is 1. The average Bonchev–Trinajstić information content (AvgIpc) is 2.63. The number of anilines is 1. The first kappa shape index (κ1) is 21.7. The molecule has 1 amide bonds. The van der Waals surface area contributed by atoms with E-state index in [1.165, 1.54) is 18.3 Å². The van der Waals surface area contributed by atoms with Gasteiger partial charge in [-0.3, -0.25) is 4.79 Å². The van der Waals surface area contributed by atoms with E-state index in [0.717, 1.165) is 24.8 Å². The van der Waals surface area contributed by atoms with Crippen LogP contribution < -0.4 is 15.5 Å². The predicted molar refractivity (Wildman–Crippen MR) is 110 cm³/mol. The number of phenolic OH excluding ortho intramolecular Hbond substituents is 1. The number of amides is 1. The molecule has 2 aromatic carbocycles. The summed E-state index contributed by atoms with van der Waals surface area (Å²) in [7, 11) is -4.06. The molecule has 0 radical (unpaired) electrons. The number of halogens is 1. The molecule has 0 spiro atoms. The summed E-state index contributed by atoms with van der Waals surface area (Å²) in [6.07, 6.45) is 1.29. The third-order valence-corrected chi connectivity index (χ3v) is 5.40. The van der Waals surface area contributed by atoms with Crippen molar-refractivity contribution in [3.05, 3.63) is 52.5 Å². The van der Waals surface area contributed by atoms with Crippen LogP contribution in [-0.2, 0) is 10.0 Å². The smallest absolute Gasteiger partial charge is 0.271 e. The number of carbonyl (C=O) groups is 1. The maximum atomic E-state index is 12.2. The van der Waals surface area contributed by atoms with Gasteiger partial charge in [0.1, 0.15) is 10.6 Å². The molecule has 0 aliphatic heterocycles. The summed E-state index contributed by atoms with van der Waals surface area (Å²) in [6, 6.07) is 8.82. The van der Waals surface area contributed by atoms with Gasteiger partial charge in [0.05, 0.1) is 11.2 Å². The molecule has 0 aromatic heterocycles. The van der Waals surface area contributed by atoms with Crippen molar-refractivity contribution in [2.45, 2.75) is 18.7 Å². The molecule has 28 heavy (non-hydrogen) atoms. The van der Waals surface area contributed by atoms with Gasteiger partial charge in [-0.05, 0) is 44.2 Å². The molecule has 0 aliphatic rings. The van der Waals surface area contributed by atoms with E-state index < -0.39 is 15.9 Å². The first-order chi connectivity index (χ1) is 13.2. The number of hydrogen-bond acceptors (Lipinski definition) is 6. The molecule has 0 saturated carbocycles. The maximum Gasteiger partial charge on any atom is 0.271 e. The molecule has 0 aliphatic carbocycles. The molecule has 0 bridgehead atoms. The largest absolute Gasteiger partial charge is 0.507 e.